The molecule has 25 heavy (non-hydrogen) atoms. The lowest BCUT2D eigenvalue weighted by atomic mass is 9.95. The van der Waals surface area contributed by atoms with Crippen molar-refractivity contribution in [3.05, 3.63) is 42.1 Å². The van der Waals surface area contributed by atoms with E-state index in [4.69, 9.17) is 18.9 Å². The second-order valence-corrected chi connectivity index (χ2v) is 6.26. The highest BCUT2D eigenvalue weighted by molar-refractivity contribution is 5.94. The largest absolute Gasteiger partial charge is 0.496 e. The molecular formula is C20H18NO4+. The summed E-state index contributed by atoms with van der Waals surface area (Å²) in [6.07, 6.45) is 3.11. The highest BCUT2D eigenvalue weighted by atomic mass is 16.7. The highest BCUT2D eigenvalue weighted by Gasteiger charge is 2.28. The van der Waals surface area contributed by atoms with Crippen LogP contribution < -0.4 is 23.5 Å². The molecule has 0 N–H and O–H groups in total. The summed E-state index contributed by atoms with van der Waals surface area (Å²) in [5.74, 6) is 3.34. The van der Waals surface area contributed by atoms with E-state index < -0.39 is 0 Å². The molecule has 5 heteroatoms. The fraction of sp³-hybridized carbons (Fsp3) is 0.250. The van der Waals surface area contributed by atoms with E-state index in [0.717, 1.165) is 52.4 Å². The molecule has 5 nitrogen and oxygen atoms in total. The van der Waals surface area contributed by atoms with Crippen molar-refractivity contribution < 1.29 is 23.5 Å². The van der Waals surface area contributed by atoms with Crippen molar-refractivity contribution >= 4 is 10.8 Å². The van der Waals surface area contributed by atoms with Gasteiger partial charge in [0, 0.05) is 17.9 Å². The van der Waals surface area contributed by atoms with Crippen molar-refractivity contribution in [1.82, 2.24) is 0 Å². The first-order chi connectivity index (χ1) is 12.3. The van der Waals surface area contributed by atoms with Gasteiger partial charge in [0.2, 0.25) is 12.5 Å². The Morgan fingerprint density at radius 3 is 2.40 bits per heavy atom. The first-order valence-electron chi connectivity index (χ1n) is 8.29. The summed E-state index contributed by atoms with van der Waals surface area (Å²) in [5, 5.41) is 2.09. The predicted molar refractivity (Wildman–Crippen MR) is 92.5 cm³/mol. The molecule has 0 saturated carbocycles. The molecule has 0 saturated heterocycles. The third kappa shape index (κ3) is 2.05. The molecule has 1 aromatic heterocycles. The summed E-state index contributed by atoms with van der Waals surface area (Å²) in [7, 11) is 3.39. The number of pyridine rings is 1. The average Bonchev–Trinajstić information content (AvgIpc) is 3.11. The zero-order chi connectivity index (χ0) is 17.0. The van der Waals surface area contributed by atoms with E-state index in [1.807, 2.05) is 12.1 Å². The fourth-order valence-electron chi connectivity index (χ4n) is 3.77. The van der Waals surface area contributed by atoms with Gasteiger partial charge in [-0.3, -0.25) is 0 Å². The number of hydrogen-bond acceptors (Lipinski definition) is 4. The molecule has 2 aromatic carbocycles. The smallest absolute Gasteiger partial charge is 0.231 e. The number of hydrogen-bond donors (Lipinski definition) is 0. The zero-order valence-electron chi connectivity index (χ0n) is 14.2. The quantitative estimate of drug-likeness (QED) is 0.674. The molecule has 2 aliphatic rings. The van der Waals surface area contributed by atoms with E-state index >= 15 is 0 Å². The maximum absolute atomic E-state index is 5.57. The van der Waals surface area contributed by atoms with Gasteiger partial charge < -0.3 is 18.9 Å². The third-order valence-electron chi connectivity index (χ3n) is 5.02. The third-order valence-corrected chi connectivity index (χ3v) is 5.02. The molecule has 0 bridgehead atoms. The monoisotopic (exact) mass is 336 g/mol. The first-order valence-corrected chi connectivity index (χ1v) is 8.29. The van der Waals surface area contributed by atoms with Gasteiger partial charge in [-0.2, -0.15) is 4.57 Å². The lowest BCUT2D eigenvalue weighted by molar-refractivity contribution is -0.686. The number of aromatic nitrogens is 1. The normalized spacial score (nSPS) is 14.2. The SMILES string of the molecule is COc1ccc(OC)c2c[n+]3c(cc12)-c1cc2c(cc1CC3)OCO2. The van der Waals surface area contributed by atoms with E-state index in [2.05, 4.69) is 29.0 Å². The zero-order valence-corrected chi connectivity index (χ0v) is 14.2. The van der Waals surface area contributed by atoms with E-state index in [1.165, 1.54) is 11.1 Å². The van der Waals surface area contributed by atoms with Gasteiger partial charge >= 0.3 is 0 Å². The standard InChI is InChI=1S/C20H18NO4/c1-22-17-3-4-18(23-2)15-10-21-6-5-12-7-19-20(25-11-24-19)9-13(12)16(21)8-14(15)17/h3-4,7-10H,5-6,11H2,1-2H3/q+1. The van der Waals surface area contributed by atoms with Crippen LogP contribution in [0, 0.1) is 0 Å². The van der Waals surface area contributed by atoms with Gasteiger partial charge in [-0.15, -0.1) is 0 Å². The summed E-state index contributed by atoms with van der Waals surface area (Å²) < 4.78 is 24.5. The number of fused-ring (bicyclic) bond motifs is 5. The van der Waals surface area contributed by atoms with Crippen molar-refractivity contribution in [2.45, 2.75) is 13.0 Å². The topological polar surface area (TPSA) is 40.8 Å². The van der Waals surface area contributed by atoms with Crippen LogP contribution >= 0.6 is 0 Å². The van der Waals surface area contributed by atoms with Crippen LogP contribution in [-0.4, -0.2) is 21.0 Å². The Bertz CT molecular complexity index is 1010. The molecule has 0 radical (unpaired) electrons. The number of ether oxygens (including phenoxy) is 4. The van der Waals surface area contributed by atoms with Crippen LogP contribution in [0.15, 0.2) is 36.5 Å². The lowest BCUT2D eigenvalue weighted by Crippen LogP contribution is -2.40. The highest BCUT2D eigenvalue weighted by Crippen LogP contribution is 2.41. The van der Waals surface area contributed by atoms with Crippen molar-refractivity contribution in [2.24, 2.45) is 0 Å². The number of rotatable bonds is 2. The van der Waals surface area contributed by atoms with Gasteiger partial charge in [0.05, 0.1) is 25.2 Å². The molecule has 0 aliphatic carbocycles. The van der Waals surface area contributed by atoms with Crippen molar-refractivity contribution in [2.75, 3.05) is 21.0 Å². The molecule has 3 aromatic rings. The molecule has 0 amide bonds. The Labute approximate surface area is 145 Å². The van der Waals surface area contributed by atoms with Crippen LogP contribution in [0.5, 0.6) is 23.0 Å². The second kappa shape index (κ2) is 5.28. The number of nitrogens with zero attached hydrogens (tertiary/aromatic N) is 1. The van der Waals surface area contributed by atoms with Crippen LogP contribution in [0.2, 0.25) is 0 Å². The molecule has 0 fully saturated rings. The van der Waals surface area contributed by atoms with Gasteiger partial charge in [0.1, 0.15) is 11.5 Å². The van der Waals surface area contributed by atoms with Crippen LogP contribution in [-0.2, 0) is 13.0 Å². The molecular weight excluding hydrogens is 318 g/mol. The van der Waals surface area contributed by atoms with Crippen LogP contribution in [0.25, 0.3) is 22.0 Å². The minimum Gasteiger partial charge on any atom is -0.496 e. The molecule has 3 heterocycles. The minimum absolute atomic E-state index is 0.293. The van der Waals surface area contributed by atoms with Crippen molar-refractivity contribution in [3.8, 4) is 34.3 Å². The molecule has 2 aliphatic heterocycles. The molecule has 0 spiro atoms. The second-order valence-electron chi connectivity index (χ2n) is 6.26. The van der Waals surface area contributed by atoms with E-state index in [-0.39, 0.29) is 0 Å². The Hall–Kier alpha value is -2.95. The van der Waals surface area contributed by atoms with Crippen LogP contribution in [0.1, 0.15) is 5.56 Å². The van der Waals surface area contributed by atoms with E-state index in [1.54, 1.807) is 14.2 Å². The summed E-state index contributed by atoms with van der Waals surface area (Å²) in [5.41, 5.74) is 3.62. The van der Waals surface area contributed by atoms with Crippen molar-refractivity contribution in [3.63, 3.8) is 0 Å². The summed E-state index contributed by atoms with van der Waals surface area (Å²) in [6, 6.07) is 10.3. The van der Waals surface area contributed by atoms with Crippen LogP contribution in [0.4, 0.5) is 0 Å². The summed E-state index contributed by atoms with van der Waals surface area (Å²) in [6.45, 7) is 1.21. The maximum Gasteiger partial charge on any atom is 0.231 e. The van der Waals surface area contributed by atoms with E-state index in [9.17, 15) is 0 Å². The summed E-state index contributed by atoms with van der Waals surface area (Å²) in [4.78, 5) is 0. The Kier molecular flexibility index (Phi) is 3.04. The number of methoxy groups -OCH3 is 2. The first kappa shape index (κ1) is 14.4. The molecule has 0 atom stereocenters. The molecule has 0 unspecified atom stereocenters. The Morgan fingerprint density at radius 2 is 1.64 bits per heavy atom. The summed E-state index contributed by atoms with van der Waals surface area (Å²) >= 11 is 0. The van der Waals surface area contributed by atoms with Crippen LogP contribution in [0.3, 0.4) is 0 Å². The molecule has 126 valence electrons. The number of benzene rings is 2. The van der Waals surface area contributed by atoms with Gasteiger partial charge in [-0.1, -0.05) is 0 Å². The average molecular weight is 336 g/mol. The number of aryl methyl sites for hydroxylation is 2. The van der Waals surface area contributed by atoms with Gasteiger partial charge in [-0.25, -0.2) is 0 Å². The van der Waals surface area contributed by atoms with E-state index in [0.29, 0.717) is 6.79 Å². The van der Waals surface area contributed by atoms with Crippen molar-refractivity contribution in [1.29, 1.82) is 0 Å². The fourth-order valence-corrected chi connectivity index (χ4v) is 3.77. The van der Waals surface area contributed by atoms with Gasteiger partial charge in [0.15, 0.2) is 24.2 Å². The van der Waals surface area contributed by atoms with Gasteiger partial charge in [0.25, 0.3) is 0 Å². The Morgan fingerprint density at radius 1 is 0.920 bits per heavy atom. The maximum atomic E-state index is 5.57. The lowest BCUT2D eigenvalue weighted by Gasteiger charge is -2.17. The molecule has 5 rings (SSSR count). The predicted octanol–water partition coefficient (Wildman–Crippen LogP) is 3.10. The Balaban J connectivity index is 1.79. The van der Waals surface area contributed by atoms with Gasteiger partial charge in [-0.05, 0) is 29.8 Å². The minimum atomic E-state index is 0.293.